The third-order valence-corrected chi connectivity index (χ3v) is 12.0. The first-order chi connectivity index (χ1) is 32.0. The molecule has 2 aliphatic heterocycles. The maximum absolute atomic E-state index is 13.9. The van der Waals surface area contributed by atoms with Gasteiger partial charge in [-0.15, -0.1) is 0 Å². The summed E-state index contributed by atoms with van der Waals surface area (Å²) in [7, 11) is 8.66. The molecule has 6 rings (SSSR count). The summed E-state index contributed by atoms with van der Waals surface area (Å²) in [5.74, 6) is 1.59. The van der Waals surface area contributed by atoms with Gasteiger partial charge in [0.2, 0.25) is 11.8 Å². The number of aromatic nitrogens is 4. The molecule has 2 saturated heterocycles. The third kappa shape index (κ3) is 11.2. The molecule has 0 aliphatic carbocycles. The first-order valence-corrected chi connectivity index (χ1v) is 21.9. The Bertz CT molecular complexity index is 2250. The number of likely N-dealkylation sites (tertiary alicyclic amines) is 2. The summed E-state index contributed by atoms with van der Waals surface area (Å²) < 4.78 is 44.1. The highest BCUT2D eigenvalue weighted by atomic mass is 16.6. The number of aromatic amines is 2. The molecule has 20 heteroatoms. The quantitative estimate of drug-likeness (QED) is 0.0804. The Kier molecular flexibility index (Phi) is 17.4. The van der Waals surface area contributed by atoms with E-state index in [4.69, 9.17) is 47.9 Å². The normalized spacial score (nSPS) is 17.8. The lowest BCUT2D eigenvalue weighted by molar-refractivity contribution is -0.138. The van der Waals surface area contributed by atoms with E-state index in [1.807, 2.05) is 36.4 Å². The number of H-pyrrole nitrogens is 2. The fourth-order valence-electron chi connectivity index (χ4n) is 8.26. The van der Waals surface area contributed by atoms with Crippen LogP contribution in [0.4, 0.5) is 9.59 Å². The number of ether oxygens (including phenoxy) is 8. The Hall–Kier alpha value is -6.22. The average molecular weight is 919 g/mol. The van der Waals surface area contributed by atoms with Gasteiger partial charge in [0, 0.05) is 52.7 Å². The van der Waals surface area contributed by atoms with Gasteiger partial charge in [-0.05, 0) is 62.8 Å². The molecule has 358 valence electrons. The monoisotopic (exact) mass is 918 g/mol. The minimum atomic E-state index is -0.966. The van der Waals surface area contributed by atoms with E-state index in [1.165, 1.54) is 28.4 Å². The van der Waals surface area contributed by atoms with Crippen molar-refractivity contribution in [2.45, 2.75) is 75.9 Å². The Balaban J connectivity index is 1.28. The number of nitrogens with zero attached hydrogens (tertiary/aromatic N) is 4. The SMILES string of the molecule is COCCOc1c(-c2ccc(-c3cnc([C@@H]4CCCN4C(=O)C(NC(=O)OC)[C@@H](C)OC)[nH]3)cc2)ccc(-c2cnc([C@@H]3CCCN3C(=O)C(NC(=O)OC)[C@@H](C)OC)[nH]2)c1OCCOC. The second kappa shape index (κ2) is 23.3. The molecule has 0 spiro atoms. The number of alkyl carbamates (subject to hydrolysis) is 2. The number of imidazole rings is 2. The van der Waals surface area contributed by atoms with Crippen molar-refractivity contribution >= 4 is 24.0 Å². The van der Waals surface area contributed by atoms with Gasteiger partial charge in [0.25, 0.3) is 0 Å². The molecule has 4 amide bonds. The van der Waals surface area contributed by atoms with E-state index in [0.717, 1.165) is 35.2 Å². The number of methoxy groups -OCH3 is 6. The molecule has 2 unspecified atom stereocenters. The molecule has 0 saturated carbocycles. The van der Waals surface area contributed by atoms with Crippen LogP contribution in [-0.4, -0.2) is 160 Å². The van der Waals surface area contributed by atoms with Gasteiger partial charge in [-0.25, -0.2) is 19.6 Å². The van der Waals surface area contributed by atoms with Crippen molar-refractivity contribution in [1.82, 2.24) is 40.4 Å². The molecule has 4 aromatic rings. The fraction of sp³-hybridized carbons (Fsp3) is 0.522. The van der Waals surface area contributed by atoms with Gasteiger partial charge in [-0.3, -0.25) is 9.59 Å². The predicted molar refractivity (Wildman–Crippen MR) is 241 cm³/mol. The second-order valence-electron chi connectivity index (χ2n) is 15.9. The lowest BCUT2D eigenvalue weighted by Gasteiger charge is -2.30. The molecule has 66 heavy (non-hydrogen) atoms. The summed E-state index contributed by atoms with van der Waals surface area (Å²) in [6, 6.07) is 9.22. The van der Waals surface area contributed by atoms with Crippen LogP contribution in [0.1, 0.15) is 63.3 Å². The second-order valence-corrected chi connectivity index (χ2v) is 15.9. The molecular formula is C46H62N8O12. The first kappa shape index (κ1) is 49.2. The molecular weight excluding hydrogens is 857 g/mol. The molecule has 6 atom stereocenters. The van der Waals surface area contributed by atoms with Crippen molar-refractivity contribution in [1.29, 1.82) is 0 Å². The van der Waals surface area contributed by atoms with Gasteiger partial charge in [0.15, 0.2) is 11.5 Å². The average Bonchev–Trinajstić information content (AvgIpc) is 4.19. The standard InChI is InChI=1S/C46H62N8O12/c1-27(61-5)37(51-45(57)63-7)43(55)53-19-9-11-35(53)41-47-25-33(49-41)30-15-13-29(14-16-30)31-17-18-32(40(66-24-22-60-4)39(31)65-23-21-59-3)34-26-48-42(50-34)36-12-10-20-54(36)44(56)38(28(2)62-6)52-46(58)64-8/h13-18,25-28,35-38H,9-12,19-24H2,1-8H3,(H,47,49)(H,48,50)(H,51,57)(H,52,58)/t27-,28-,35+,36+,37?,38?/m1/s1. The smallest absolute Gasteiger partial charge is 0.407 e. The number of nitrogens with one attached hydrogen (secondary N) is 4. The maximum Gasteiger partial charge on any atom is 0.407 e. The molecule has 20 nitrogen and oxygen atoms in total. The van der Waals surface area contributed by atoms with E-state index in [2.05, 4.69) is 20.6 Å². The summed E-state index contributed by atoms with van der Waals surface area (Å²) in [4.78, 5) is 71.8. The molecule has 2 aliphatic rings. The van der Waals surface area contributed by atoms with Crippen molar-refractivity contribution in [3.8, 4) is 45.1 Å². The van der Waals surface area contributed by atoms with Crippen molar-refractivity contribution in [3.63, 3.8) is 0 Å². The summed E-state index contributed by atoms with van der Waals surface area (Å²) in [6.45, 7) is 5.52. The zero-order chi connectivity index (χ0) is 47.3. The fourth-order valence-corrected chi connectivity index (χ4v) is 8.26. The van der Waals surface area contributed by atoms with Gasteiger partial charge >= 0.3 is 12.2 Å². The lowest BCUT2D eigenvalue weighted by atomic mass is 9.98. The highest BCUT2D eigenvalue weighted by molar-refractivity contribution is 5.88. The summed E-state index contributed by atoms with van der Waals surface area (Å²) in [6.07, 6.45) is 3.68. The molecule has 0 bridgehead atoms. The molecule has 2 aromatic heterocycles. The zero-order valence-corrected chi connectivity index (χ0v) is 38.8. The van der Waals surface area contributed by atoms with Crippen LogP contribution in [0.2, 0.25) is 0 Å². The van der Waals surface area contributed by atoms with E-state index in [1.54, 1.807) is 50.3 Å². The zero-order valence-electron chi connectivity index (χ0n) is 38.8. The Morgan fingerprint density at radius 2 is 1.06 bits per heavy atom. The highest BCUT2D eigenvalue weighted by Gasteiger charge is 2.40. The molecule has 2 aromatic carbocycles. The minimum absolute atomic E-state index is 0.227. The number of carbonyl (C=O) groups is 4. The number of rotatable bonds is 21. The van der Waals surface area contributed by atoms with Crippen LogP contribution in [0.15, 0.2) is 48.8 Å². The number of carbonyl (C=O) groups excluding carboxylic acids is 4. The number of amides is 4. The lowest BCUT2D eigenvalue weighted by Crippen LogP contribution is -2.54. The molecule has 4 heterocycles. The Morgan fingerprint density at radius 3 is 1.53 bits per heavy atom. The first-order valence-electron chi connectivity index (χ1n) is 21.9. The maximum atomic E-state index is 13.9. The van der Waals surface area contributed by atoms with Crippen LogP contribution in [0.25, 0.3) is 33.6 Å². The largest absolute Gasteiger partial charge is 0.487 e. The van der Waals surface area contributed by atoms with Crippen molar-refractivity contribution in [3.05, 3.63) is 60.4 Å². The topological polar surface area (TPSA) is 230 Å². The van der Waals surface area contributed by atoms with Crippen molar-refractivity contribution in [2.75, 3.05) is 82.2 Å². The van der Waals surface area contributed by atoms with Crippen LogP contribution in [0.3, 0.4) is 0 Å². The van der Waals surface area contributed by atoms with Gasteiger partial charge in [-0.2, -0.15) is 0 Å². The van der Waals surface area contributed by atoms with E-state index in [9.17, 15) is 19.2 Å². The molecule has 0 radical (unpaired) electrons. The summed E-state index contributed by atoms with van der Waals surface area (Å²) >= 11 is 0. The van der Waals surface area contributed by atoms with Gasteiger partial charge in [-0.1, -0.05) is 24.3 Å². The predicted octanol–water partition coefficient (Wildman–Crippen LogP) is 5.03. The van der Waals surface area contributed by atoms with Crippen LogP contribution in [0.5, 0.6) is 11.5 Å². The number of hydrogen-bond donors (Lipinski definition) is 4. The van der Waals surface area contributed by atoms with Gasteiger partial charge < -0.3 is 68.3 Å². The molecule has 2 fully saturated rings. The van der Waals surface area contributed by atoms with Crippen LogP contribution >= 0.6 is 0 Å². The van der Waals surface area contributed by atoms with Gasteiger partial charge in [0.05, 0.1) is 75.5 Å². The number of benzene rings is 2. The van der Waals surface area contributed by atoms with E-state index >= 15 is 0 Å². The third-order valence-electron chi connectivity index (χ3n) is 12.0. The van der Waals surface area contributed by atoms with Gasteiger partial charge in [0.1, 0.15) is 36.9 Å². The summed E-state index contributed by atoms with van der Waals surface area (Å²) in [5, 5.41) is 5.25. The van der Waals surface area contributed by atoms with Crippen molar-refractivity contribution in [2.24, 2.45) is 0 Å². The molecule has 4 N–H and O–H groups in total. The number of hydrogen-bond acceptors (Lipinski definition) is 14. The van der Waals surface area contributed by atoms with E-state index in [0.29, 0.717) is 73.6 Å². The van der Waals surface area contributed by atoms with Crippen LogP contribution in [-0.2, 0) is 38.0 Å². The Labute approximate surface area is 384 Å². The van der Waals surface area contributed by atoms with Crippen LogP contribution in [0, 0.1) is 0 Å². The Morgan fingerprint density at radius 1 is 0.621 bits per heavy atom. The van der Waals surface area contributed by atoms with E-state index in [-0.39, 0.29) is 37.1 Å². The minimum Gasteiger partial charge on any atom is -0.487 e. The van der Waals surface area contributed by atoms with Crippen LogP contribution < -0.4 is 20.1 Å². The summed E-state index contributed by atoms with van der Waals surface area (Å²) in [5.41, 5.74) is 4.58. The van der Waals surface area contributed by atoms with E-state index < -0.39 is 36.5 Å². The highest BCUT2D eigenvalue weighted by Crippen LogP contribution is 2.46. The van der Waals surface area contributed by atoms with Crippen molar-refractivity contribution < 1.29 is 57.1 Å².